The van der Waals surface area contributed by atoms with Crippen LogP contribution in [0, 0.1) is 0 Å². The molecule has 2 aliphatic heterocycles. The smallest absolute Gasteiger partial charge is 0.256 e. The summed E-state index contributed by atoms with van der Waals surface area (Å²) in [6.45, 7) is 3.70. The fraction of sp³-hybridized carbons (Fsp3) is 0.500. The Morgan fingerprint density at radius 3 is 2.95 bits per heavy atom. The van der Waals surface area contributed by atoms with Crippen molar-refractivity contribution in [3.8, 4) is 0 Å². The van der Waals surface area contributed by atoms with E-state index >= 15 is 0 Å². The summed E-state index contributed by atoms with van der Waals surface area (Å²) < 4.78 is 5.27. The Morgan fingerprint density at radius 1 is 1.32 bits per heavy atom. The number of hydrogen-bond donors (Lipinski definition) is 2. The lowest BCUT2D eigenvalue weighted by molar-refractivity contribution is -0.130. The van der Waals surface area contributed by atoms with Gasteiger partial charge in [-0.1, -0.05) is 24.3 Å². The second-order valence-electron chi connectivity index (χ2n) is 4.91. The number of hydrazine groups is 1. The van der Waals surface area contributed by atoms with Gasteiger partial charge in [0, 0.05) is 19.6 Å². The molecule has 0 radical (unpaired) electrons. The molecular formula is C14H19N3O2. The predicted molar refractivity (Wildman–Crippen MR) is 71.4 cm³/mol. The third-order valence-corrected chi connectivity index (χ3v) is 3.65. The average Bonchev–Trinajstić information content (AvgIpc) is 2.47. The molecule has 1 amide bonds. The van der Waals surface area contributed by atoms with Crippen molar-refractivity contribution in [2.75, 3.05) is 32.8 Å². The fourth-order valence-corrected chi connectivity index (χ4v) is 2.63. The lowest BCUT2D eigenvalue weighted by atomic mass is 9.94. The molecule has 1 aromatic rings. The van der Waals surface area contributed by atoms with Gasteiger partial charge in [-0.2, -0.15) is 0 Å². The van der Waals surface area contributed by atoms with Crippen LogP contribution in [-0.2, 0) is 16.0 Å². The van der Waals surface area contributed by atoms with Gasteiger partial charge in [0.2, 0.25) is 0 Å². The van der Waals surface area contributed by atoms with Crippen molar-refractivity contribution in [3.05, 3.63) is 35.4 Å². The first-order chi connectivity index (χ1) is 9.34. The Hall–Kier alpha value is -1.43. The van der Waals surface area contributed by atoms with E-state index in [4.69, 9.17) is 4.74 Å². The van der Waals surface area contributed by atoms with Gasteiger partial charge in [-0.25, -0.2) is 5.01 Å². The summed E-state index contributed by atoms with van der Waals surface area (Å²) in [5.41, 5.74) is 5.35. The minimum atomic E-state index is -0.243. The number of benzene rings is 1. The first-order valence-corrected chi connectivity index (χ1v) is 6.79. The molecule has 0 aliphatic carbocycles. The molecule has 102 valence electrons. The van der Waals surface area contributed by atoms with Gasteiger partial charge in [0.05, 0.1) is 13.2 Å². The van der Waals surface area contributed by atoms with Crippen molar-refractivity contribution in [1.29, 1.82) is 0 Å². The standard InChI is InChI=1S/C14H19N3O2/c18-14(16-17-7-9-19-10-8-17)13-12-4-2-1-3-11(12)5-6-15-13/h1-4,13,15H,5-10H2,(H,16,18). The zero-order valence-corrected chi connectivity index (χ0v) is 10.9. The van der Waals surface area contributed by atoms with E-state index in [2.05, 4.69) is 16.8 Å². The number of amides is 1. The van der Waals surface area contributed by atoms with Crippen LogP contribution in [0.3, 0.4) is 0 Å². The molecule has 1 atom stereocenters. The molecule has 2 aliphatic rings. The Bertz CT molecular complexity index is 458. The molecule has 1 aromatic carbocycles. The SMILES string of the molecule is O=C(NN1CCOCC1)C1NCCc2ccccc21. The van der Waals surface area contributed by atoms with Gasteiger partial charge < -0.3 is 10.1 Å². The molecule has 5 nitrogen and oxygen atoms in total. The molecule has 5 heteroatoms. The highest BCUT2D eigenvalue weighted by molar-refractivity contribution is 5.83. The summed E-state index contributed by atoms with van der Waals surface area (Å²) in [6, 6.07) is 7.91. The fourth-order valence-electron chi connectivity index (χ4n) is 2.63. The molecule has 1 saturated heterocycles. The average molecular weight is 261 g/mol. The highest BCUT2D eigenvalue weighted by Crippen LogP contribution is 2.22. The Labute approximate surface area is 112 Å². The number of carbonyl (C=O) groups is 1. The van der Waals surface area contributed by atoms with Crippen molar-refractivity contribution in [2.24, 2.45) is 0 Å². The first-order valence-electron chi connectivity index (χ1n) is 6.79. The Morgan fingerprint density at radius 2 is 2.11 bits per heavy atom. The van der Waals surface area contributed by atoms with Gasteiger partial charge in [0.15, 0.2) is 0 Å². The maximum absolute atomic E-state index is 12.4. The topological polar surface area (TPSA) is 53.6 Å². The predicted octanol–water partition coefficient (Wildman–Crippen LogP) is 0.237. The summed E-state index contributed by atoms with van der Waals surface area (Å²) >= 11 is 0. The van der Waals surface area contributed by atoms with E-state index < -0.39 is 0 Å². The van der Waals surface area contributed by atoms with Crippen LogP contribution in [0.25, 0.3) is 0 Å². The summed E-state index contributed by atoms with van der Waals surface area (Å²) in [7, 11) is 0. The second-order valence-corrected chi connectivity index (χ2v) is 4.91. The van der Waals surface area contributed by atoms with Crippen LogP contribution < -0.4 is 10.7 Å². The van der Waals surface area contributed by atoms with E-state index in [-0.39, 0.29) is 11.9 Å². The molecule has 0 aromatic heterocycles. The molecule has 0 bridgehead atoms. The Balaban J connectivity index is 1.70. The summed E-state index contributed by atoms with van der Waals surface area (Å²) in [4.78, 5) is 12.4. The molecule has 1 unspecified atom stereocenters. The number of ether oxygens (including phenoxy) is 1. The lowest BCUT2D eigenvalue weighted by Crippen LogP contribution is -2.52. The summed E-state index contributed by atoms with van der Waals surface area (Å²) in [5.74, 6) is 0.0223. The summed E-state index contributed by atoms with van der Waals surface area (Å²) in [5, 5.41) is 5.23. The quantitative estimate of drug-likeness (QED) is 0.800. The van der Waals surface area contributed by atoms with E-state index in [1.807, 2.05) is 23.2 Å². The molecule has 0 spiro atoms. The normalized spacial score (nSPS) is 23.7. The second kappa shape index (κ2) is 5.69. The maximum Gasteiger partial charge on any atom is 0.256 e. The van der Waals surface area contributed by atoms with Gasteiger partial charge >= 0.3 is 0 Å². The van der Waals surface area contributed by atoms with Gasteiger partial charge in [-0.15, -0.1) is 0 Å². The van der Waals surface area contributed by atoms with Crippen LogP contribution in [0.2, 0.25) is 0 Å². The lowest BCUT2D eigenvalue weighted by Gasteiger charge is -2.31. The number of nitrogens with zero attached hydrogens (tertiary/aromatic N) is 1. The molecule has 2 N–H and O–H groups in total. The van der Waals surface area contributed by atoms with E-state index in [1.54, 1.807) is 0 Å². The van der Waals surface area contributed by atoms with E-state index in [0.29, 0.717) is 13.2 Å². The van der Waals surface area contributed by atoms with Gasteiger partial charge in [-0.3, -0.25) is 10.2 Å². The van der Waals surface area contributed by atoms with E-state index in [1.165, 1.54) is 5.56 Å². The van der Waals surface area contributed by atoms with Crippen LogP contribution in [0.5, 0.6) is 0 Å². The van der Waals surface area contributed by atoms with Gasteiger partial charge in [0.25, 0.3) is 5.91 Å². The highest BCUT2D eigenvalue weighted by atomic mass is 16.5. The molecule has 19 heavy (non-hydrogen) atoms. The number of rotatable bonds is 2. The van der Waals surface area contributed by atoms with Crippen LogP contribution >= 0.6 is 0 Å². The number of hydrogen-bond acceptors (Lipinski definition) is 4. The largest absolute Gasteiger partial charge is 0.379 e. The number of fused-ring (bicyclic) bond motifs is 1. The van der Waals surface area contributed by atoms with Crippen molar-refractivity contribution in [2.45, 2.75) is 12.5 Å². The van der Waals surface area contributed by atoms with E-state index in [0.717, 1.165) is 31.6 Å². The molecule has 3 rings (SSSR count). The molecule has 1 fully saturated rings. The number of morpholine rings is 1. The first kappa shape index (κ1) is 12.6. The number of carbonyl (C=O) groups excluding carboxylic acids is 1. The maximum atomic E-state index is 12.4. The van der Waals surface area contributed by atoms with Crippen LogP contribution in [0.4, 0.5) is 0 Å². The zero-order valence-electron chi connectivity index (χ0n) is 10.9. The van der Waals surface area contributed by atoms with E-state index in [9.17, 15) is 4.79 Å². The van der Waals surface area contributed by atoms with Crippen molar-refractivity contribution in [1.82, 2.24) is 15.8 Å². The van der Waals surface area contributed by atoms with Crippen LogP contribution in [-0.4, -0.2) is 43.8 Å². The zero-order chi connectivity index (χ0) is 13.1. The molecule has 0 saturated carbocycles. The van der Waals surface area contributed by atoms with Crippen molar-refractivity contribution in [3.63, 3.8) is 0 Å². The minimum absolute atomic E-state index is 0.0223. The Kier molecular flexibility index (Phi) is 3.77. The van der Waals surface area contributed by atoms with Crippen molar-refractivity contribution < 1.29 is 9.53 Å². The van der Waals surface area contributed by atoms with Gasteiger partial charge in [0.1, 0.15) is 6.04 Å². The van der Waals surface area contributed by atoms with Crippen LogP contribution in [0.15, 0.2) is 24.3 Å². The summed E-state index contributed by atoms with van der Waals surface area (Å²) in [6.07, 6.45) is 0.984. The van der Waals surface area contributed by atoms with Crippen molar-refractivity contribution >= 4 is 5.91 Å². The highest BCUT2D eigenvalue weighted by Gasteiger charge is 2.27. The molecule has 2 heterocycles. The van der Waals surface area contributed by atoms with Gasteiger partial charge in [-0.05, 0) is 17.5 Å². The third kappa shape index (κ3) is 2.78. The number of nitrogens with one attached hydrogen (secondary N) is 2. The molecular weight excluding hydrogens is 242 g/mol. The minimum Gasteiger partial charge on any atom is -0.379 e. The van der Waals surface area contributed by atoms with Crippen LogP contribution in [0.1, 0.15) is 17.2 Å². The monoisotopic (exact) mass is 261 g/mol. The third-order valence-electron chi connectivity index (χ3n) is 3.65.